The topological polar surface area (TPSA) is 60.1 Å². The first-order valence-corrected chi connectivity index (χ1v) is 10.2. The Bertz CT molecular complexity index is 1210. The largest absolute Gasteiger partial charge is 0.469 e. The van der Waals surface area contributed by atoms with Gasteiger partial charge in [-0.15, -0.1) is 5.10 Å². The van der Waals surface area contributed by atoms with Crippen LogP contribution < -0.4 is 5.32 Å². The fourth-order valence-electron chi connectivity index (χ4n) is 3.97. The number of benzene rings is 2. The molecule has 1 unspecified atom stereocenters. The van der Waals surface area contributed by atoms with Crippen LogP contribution in [-0.4, -0.2) is 15.6 Å². The zero-order valence-electron chi connectivity index (χ0n) is 16.4. The number of hydrogen-bond acceptors (Lipinski definition) is 4. The van der Waals surface area contributed by atoms with Gasteiger partial charge in [-0.3, -0.25) is 4.79 Å². The first-order valence-electron chi connectivity index (χ1n) is 9.87. The number of furan rings is 1. The molecule has 1 aliphatic carbocycles. The first kappa shape index (κ1) is 18.7. The van der Waals surface area contributed by atoms with Gasteiger partial charge in [0.05, 0.1) is 23.2 Å². The van der Waals surface area contributed by atoms with Gasteiger partial charge >= 0.3 is 0 Å². The van der Waals surface area contributed by atoms with Crippen molar-refractivity contribution in [2.75, 3.05) is 5.32 Å². The van der Waals surface area contributed by atoms with Crippen molar-refractivity contribution in [3.05, 3.63) is 94.5 Å². The summed E-state index contributed by atoms with van der Waals surface area (Å²) < 4.78 is 7.46. The molecule has 2 heterocycles. The number of aromatic nitrogens is 2. The Kier molecular flexibility index (Phi) is 4.68. The maximum atomic E-state index is 13.2. The van der Waals surface area contributed by atoms with Gasteiger partial charge in [-0.25, -0.2) is 4.68 Å². The predicted molar refractivity (Wildman–Crippen MR) is 117 cm³/mol. The number of nitrogens with one attached hydrogen (secondary N) is 1. The van der Waals surface area contributed by atoms with Crippen LogP contribution in [0.1, 0.15) is 39.7 Å². The van der Waals surface area contributed by atoms with Crippen molar-refractivity contribution in [3.63, 3.8) is 0 Å². The van der Waals surface area contributed by atoms with E-state index < -0.39 is 0 Å². The van der Waals surface area contributed by atoms with E-state index in [4.69, 9.17) is 21.1 Å². The predicted octanol–water partition coefficient (Wildman–Crippen LogP) is 6.08. The van der Waals surface area contributed by atoms with E-state index in [0.29, 0.717) is 29.2 Å². The monoisotopic (exact) mass is 417 g/mol. The van der Waals surface area contributed by atoms with Crippen LogP contribution >= 0.6 is 11.6 Å². The maximum absolute atomic E-state index is 13.2. The minimum Gasteiger partial charge on any atom is -0.469 e. The van der Waals surface area contributed by atoms with Crippen LogP contribution in [0.4, 0.5) is 11.5 Å². The summed E-state index contributed by atoms with van der Waals surface area (Å²) >= 11 is 6.29. The Morgan fingerprint density at radius 3 is 2.67 bits per heavy atom. The van der Waals surface area contributed by atoms with E-state index in [1.807, 2.05) is 72.3 Å². The van der Waals surface area contributed by atoms with Crippen molar-refractivity contribution >= 4 is 28.9 Å². The van der Waals surface area contributed by atoms with E-state index >= 15 is 0 Å². The molecule has 0 spiro atoms. The average Bonchev–Trinajstić information content (AvgIpc) is 3.40. The highest BCUT2D eigenvalue weighted by Gasteiger charge is 2.34. The Balaban J connectivity index is 1.61. The molecule has 0 aliphatic heterocycles. The molecule has 0 saturated heterocycles. The number of nitrogens with zero attached hydrogens (tertiary/aromatic N) is 2. The highest BCUT2D eigenvalue weighted by Crippen LogP contribution is 2.38. The number of halogens is 1. The Morgan fingerprint density at radius 1 is 1.10 bits per heavy atom. The van der Waals surface area contributed by atoms with E-state index in [9.17, 15) is 4.79 Å². The summed E-state index contributed by atoms with van der Waals surface area (Å²) in [5.74, 6) is 1.44. The minimum atomic E-state index is 0.000770. The molecule has 6 heteroatoms. The minimum absolute atomic E-state index is 0.000770. The zero-order chi connectivity index (χ0) is 20.7. The lowest BCUT2D eigenvalue weighted by molar-refractivity contribution is 0.0960. The number of hydrogen-bond donors (Lipinski definition) is 1. The Morgan fingerprint density at radius 2 is 1.93 bits per heavy atom. The highest BCUT2D eigenvalue weighted by atomic mass is 35.5. The smallest absolute Gasteiger partial charge is 0.169 e. The molecular weight excluding hydrogens is 398 g/mol. The molecule has 2 aromatic heterocycles. The molecule has 0 amide bonds. The fourth-order valence-corrected chi connectivity index (χ4v) is 4.15. The van der Waals surface area contributed by atoms with Crippen molar-refractivity contribution in [1.29, 1.82) is 0 Å². The van der Waals surface area contributed by atoms with Gasteiger partial charge in [0.25, 0.3) is 0 Å². The summed E-state index contributed by atoms with van der Waals surface area (Å²) in [6.45, 7) is 1.95. The number of carbonyl (C=O) groups is 1. The van der Waals surface area contributed by atoms with Crippen LogP contribution in [0, 0.1) is 6.92 Å². The summed E-state index contributed by atoms with van der Waals surface area (Å²) in [6.07, 6.45) is 2.72. The lowest BCUT2D eigenvalue weighted by atomic mass is 9.85. The molecule has 30 heavy (non-hydrogen) atoms. The molecule has 1 atom stereocenters. The van der Waals surface area contributed by atoms with Crippen LogP contribution in [-0.2, 0) is 6.42 Å². The average molecular weight is 418 g/mol. The number of ketones is 1. The Labute approximate surface area is 179 Å². The molecule has 150 valence electrons. The number of para-hydroxylation sites is 1. The summed E-state index contributed by atoms with van der Waals surface area (Å²) in [6, 6.07) is 19.4. The SMILES string of the molecule is Cc1ccc(Nc2nn(-c3ccccc3)c3c2C(=O)CC(c2ccco2)C3)cc1Cl. The maximum Gasteiger partial charge on any atom is 0.169 e. The third-order valence-corrected chi connectivity index (χ3v) is 5.92. The van der Waals surface area contributed by atoms with Crippen molar-refractivity contribution < 1.29 is 9.21 Å². The van der Waals surface area contributed by atoms with Crippen LogP contribution in [0.5, 0.6) is 0 Å². The third-order valence-electron chi connectivity index (χ3n) is 5.51. The number of aryl methyl sites for hydroxylation is 1. The number of fused-ring (bicyclic) bond motifs is 1. The number of carbonyl (C=O) groups excluding carboxylic acids is 1. The van der Waals surface area contributed by atoms with Gasteiger partial charge in [0.1, 0.15) is 5.76 Å². The van der Waals surface area contributed by atoms with Gasteiger partial charge in [0.2, 0.25) is 0 Å². The summed E-state index contributed by atoms with van der Waals surface area (Å²) in [5.41, 5.74) is 4.23. The summed E-state index contributed by atoms with van der Waals surface area (Å²) in [7, 11) is 0. The van der Waals surface area contributed by atoms with E-state index in [2.05, 4.69) is 5.32 Å². The Hall–Kier alpha value is -3.31. The van der Waals surface area contributed by atoms with E-state index in [1.165, 1.54) is 0 Å². The third kappa shape index (κ3) is 3.31. The highest BCUT2D eigenvalue weighted by molar-refractivity contribution is 6.31. The van der Waals surface area contributed by atoms with Gasteiger partial charge in [-0.1, -0.05) is 35.9 Å². The van der Waals surface area contributed by atoms with Crippen LogP contribution in [0.3, 0.4) is 0 Å². The van der Waals surface area contributed by atoms with Crippen molar-refractivity contribution in [1.82, 2.24) is 9.78 Å². The number of Topliss-reactive ketones (excluding diaryl/α,β-unsaturated/α-hetero) is 1. The van der Waals surface area contributed by atoms with Gasteiger partial charge in [-0.2, -0.15) is 0 Å². The zero-order valence-corrected chi connectivity index (χ0v) is 17.2. The second-order valence-electron chi connectivity index (χ2n) is 7.55. The van der Waals surface area contributed by atoms with Gasteiger partial charge in [-0.05, 0) is 48.9 Å². The van der Waals surface area contributed by atoms with Gasteiger partial charge < -0.3 is 9.73 Å². The molecule has 2 aromatic carbocycles. The summed E-state index contributed by atoms with van der Waals surface area (Å²) in [4.78, 5) is 13.2. The lowest BCUT2D eigenvalue weighted by Crippen LogP contribution is -2.20. The van der Waals surface area contributed by atoms with Gasteiger partial charge in [0.15, 0.2) is 11.6 Å². The van der Waals surface area contributed by atoms with Crippen LogP contribution in [0.2, 0.25) is 5.02 Å². The second-order valence-corrected chi connectivity index (χ2v) is 7.96. The molecule has 4 aromatic rings. The molecule has 1 N–H and O–H groups in total. The molecular formula is C24H20ClN3O2. The molecule has 5 nitrogen and oxygen atoms in total. The molecule has 0 saturated carbocycles. The van der Waals surface area contributed by atoms with Gasteiger partial charge in [0, 0.05) is 29.5 Å². The van der Waals surface area contributed by atoms with E-state index in [1.54, 1.807) is 6.26 Å². The fraction of sp³-hybridized carbons (Fsp3) is 0.167. The molecule has 5 rings (SSSR count). The first-order chi connectivity index (χ1) is 14.6. The van der Waals surface area contributed by atoms with Crippen LogP contribution in [0.15, 0.2) is 71.3 Å². The number of rotatable bonds is 4. The lowest BCUT2D eigenvalue weighted by Gasteiger charge is -2.21. The van der Waals surface area contributed by atoms with E-state index in [0.717, 1.165) is 28.4 Å². The van der Waals surface area contributed by atoms with Crippen molar-refractivity contribution in [3.8, 4) is 5.69 Å². The number of anilines is 2. The quantitative estimate of drug-likeness (QED) is 0.437. The molecule has 0 radical (unpaired) electrons. The van der Waals surface area contributed by atoms with Crippen molar-refractivity contribution in [2.45, 2.75) is 25.7 Å². The summed E-state index contributed by atoms with van der Waals surface area (Å²) in [5, 5.41) is 8.76. The van der Waals surface area contributed by atoms with E-state index in [-0.39, 0.29) is 11.7 Å². The standard InChI is InChI=1S/C24H20ClN3O2/c1-15-9-10-17(14-19(15)25)26-24-23-20(28(27-24)18-6-3-2-4-7-18)12-16(13-21(23)29)22-8-5-11-30-22/h2-11,14,16H,12-13H2,1H3,(H,26,27). The van der Waals surface area contributed by atoms with Crippen molar-refractivity contribution in [2.24, 2.45) is 0 Å². The van der Waals surface area contributed by atoms with Crippen LogP contribution in [0.25, 0.3) is 5.69 Å². The molecule has 1 aliphatic rings. The second kappa shape index (κ2) is 7.50. The molecule has 0 bridgehead atoms. The molecule has 0 fully saturated rings. The normalized spacial score (nSPS) is 15.8.